The molecular formula is C15H22N2O. The van der Waals surface area contributed by atoms with E-state index in [-0.39, 0.29) is 0 Å². The summed E-state index contributed by atoms with van der Waals surface area (Å²) in [5.41, 5.74) is 1.76. The van der Waals surface area contributed by atoms with Gasteiger partial charge in [0.1, 0.15) is 5.60 Å². The fourth-order valence-electron chi connectivity index (χ4n) is 3.04. The van der Waals surface area contributed by atoms with E-state index in [9.17, 15) is 5.11 Å². The molecule has 1 atom stereocenters. The average Bonchev–Trinajstić information content (AvgIpc) is 3.03. The Morgan fingerprint density at radius 1 is 1.17 bits per heavy atom. The van der Waals surface area contributed by atoms with Gasteiger partial charge in [-0.3, -0.25) is 4.90 Å². The largest absolute Gasteiger partial charge is 0.384 e. The Morgan fingerprint density at radius 3 is 2.50 bits per heavy atom. The van der Waals surface area contributed by atoms with Crippen LogP contribution in [-0.2, 0) is 12.1 Å². The third-order valence-corrected chi connectivity index (χ3v) is 4.23. The molecule has 0 aliphatic carbocycles. The molecule has 0 radical (unpaired) electrons. The molecule has 0 bridgehead atoms. The molecule has 18 heavy (non-hydrogen) atoms. The van der Waals surface area contributed by atoms with Gasteiger partial charge in [-0.1, -0.05) is 24.3 Å². The zero-order chi connectivity index (χ0) is 12.4. The van der Waals surface area contributed by atoms with Gasteiger partial charge in [0.05, 0.1) is 0 Å². The van der Waals surface area contributed by atoms with E-state index in [1.807, 2.05) is 0 Å². The summed E-state index contributed by atoms with van der Waals surface area (Å²) in [6.45, 7) is 5.10. The lowest BCUT2D eigenvalue weighted by Gasteiger charge is -2.22. The van der Waals surface area contributed by atoms with Gasteiger partial charge in [-0.15, -0.1) is 0 Å². The van der Waals surface area contributed by atoms with Gasteiger partial charge in [-0.25, -0.2) is 0 Å². The van der Waals surface area contributed by atoms with Gasteiger partial charge >= 0.3 is 0 Å². The van der Waals surface area contributed by atoms with Crippen molar-refractivity contribution in [2.24, 2.45) is 0 Å². The predicted octanol–water partition coefficient (Wildman–Crippen LogP) is 1.46. The molecule has 1 aromatic carbocycles. The van der Waals surface area contributed by atoms with Crippen molar-refractivity contribution in [3.8, 4) is 0 Å². The van der Waals surface area contributed by atoms with Crippen LogP contribution < -0.4 is 5.32 Å². The second-order valence-corrected chi connectivity index (χ2v) is 5.64. The van der Waals surface area contributed by atoms with E-state index in [0.717, 1.165) is 25.1 Å². The molecule has 1 aromatic rings. The van der Waals surface area contributed by atoms with E-state index in [4.69, 9.17) is 0 Å². The Bertz CT molecular complexity index is 389. The molecule has 2 saturated heterocycles. The SMILES string of the molecule is OC1(c2ccc(CN3CCCC3)cc2)CCNC1. The Labute approximate surface area is 109 Å². The minimum Gasteiger partial charge on any atom is -0.384 e. The monoisotopic (exact) mass is 246 g/mol. The smallest absolute Gasteiger partial charge is 0.103 e. The Morgan fingerprint density at radius 2 is 1.89 bits per heavy atom. The van der Waals surface area contributed by atoms with Crippen molar-refractivity contribution in [3.63, 3.8) is 0 Å². The molecule has 2 aliphatic heterocycles. The third-order valence-electron chi connectivity index (χ3n) is 4.23. The number of nitrogens with zero attached hydrogens (tertiary/aromatic N) is 1. The molecule has 0 saturated carbocycles. The van der Waals surface area contributed by atoms with Gasteiger partial charge in [0, 0.05) is 13.1 Å². The number of rotatable bonds is 3. The second-order valence-electron chi connectivity index (χ2n) is 5.64. The standard InChI is InChI=1S/C15H22N2O/c18-15(7-8-16-12-15)14-5-3-13(4-6-14)11-17-9-1-2-10-17/h3-6,16,18H,1-2,7-12H2. The quantitative estimate of drug-likeness (QED) is 0.847. The fourth-order valence-corrected chi connectivity index (χ4v) is 3.04. The van der Waals surface area contributed by atoms with Gasteiger partial charge in [0.2, 0.25) is 0 Å². The highest BCUT2D eigenvalue weighted by Gasteiger charge is 2.32. The molecule has 2 fully saturated rings. The van der Waals surface area contributed by atoms with E-state index >= 15 is 0 Å². The van der Waals surface area contributed by atoms with E-state index in [1.165, 1.54) is 31.5 Å². The van der Waals surface area contributed by atoms with Crippen LogP contribution in [0.5, 0.6) is 0 Å². The summed E-state index contributed by atoms with van der Waals surface area (Å²) in [4.78, 5) is 2.50. The zero-order valence-corrected chi connectivity index (χ0v) is 10.9. The van der Waals surface area contributed by atoms with Crippen molar-refractivity contribution in [1.82, 2.24) is 10.2 Å². The highest BCUT2D eigenvalue weighted by atomic mass is 16.3. The summed E-state index contributed by atoms with van der Waals surface area (Å²) in [7, 11) is 0. The van der Waals surface area contributed by atoms with Crippen molar-refractivity contribution in [2.45, 2.75) is 31.4 Å². The number of hydrogen-bond donors (Lipinski definition) is 2. The van der Waals surface area contributed by atoms with Gasteiger partial charge in [0.25, 0.3) is 0 Å². The predicted molar refractivity (Wildman–Crippen MR) is 72.3 cm³/mol. The van der Waals surface area contributed by atoms with E-state index < -0.39 is 5.60 Å². The normalized spacial score (nSPS) is 28.9. The number of β-amino-alcohol motifs (C(OH)–C–C–N with tert-alkyl or cyclic N) is 1. The van der Waals surface area contributed by atoms with Gasteiger partial charge in [-0.05, 0) is 50.0 Å². The molecule has 0 aromatic heterocycles. The summed E-state index contributed by atoms with van der Waals surface area (Å²) in [5, 5.41) is 13.7. The second kappa shape index (κ2) is 5.00. The van der Waals surface area contributed by atoms with E-state index in [1.54, 1.807) is 0 Å². The molecule has 2 aliphatic rings. The van der Waals surface area contributed by atoms with Crippen molar-refractivity contribution in [2.75, 3.05) is 26.2 Å². The zero-order valence-electron chi connectivity index (χ0n) is 10.9. The molecular weight excluding hydrogens is 224 g/mol. The summed E-state index contributed by atoms with van der Waals surface area (Å²) in [6.07, 6.45) is 3.49. The molecule has 98 valence electrons. The summed E-state index contributed by atoms with van der Waals surface area (Å²) < 4.78 is 0. The highest BCUT2D eigenvalue weighted by Crippen LogP contribution is 2.27. The first-order valence-electron chi connectivity index (χ1n) is 7.01. The van der Waals surface area contributed by atoms with Crippen LogP contribution in [0.3, 0.4) is 0 Å². The molecule has 2 heterocycles. The van der Waals surface area contributed by atoms with Crippen LogP contribution in [-0.4, -0.2) is 36.2 Å². The molecule has 0 spiro atoms. The van der Waals surface area contributed by atoms with Crippen molar-refractivity contribution in [1.29, 1.82) is 0 Å². The molecule has 2 N–H and O–H groups in total. The maximum absolute atomic E-state index is 10.5. The van der Waals surface area contributed by atoms with Crippen LogP contribution in [0.1, 0.15) is 30.4 Å². The van der Waals surface area contributed by atoms with Crippen molar-refractivity contribution < 1.29 is 5.11 Å². The maximum atomic E-state index is 10.5. The third kappa shape index (κ3) is 2.44. The van der Waals surface area contributed by atoms with E-state index in [0.29, 0.717) is 6.54 Å². The van der Waals surface area contributed by atoms with Gasteiger partial charge in [0.15, 0.2) is 0 Å². The van der Waals surface area contributed by atoms with E-state index in [2.05, 4.69) is 34.5 Å². The first-order chi connectivity index (χ1) is 8.76. The number of hydrogen-bond acceptors (Lipinski definition) is 3. The van der Waals surface area contributed by atoms with Crippen LogP contribution >= 0.6 is 0 Å². The average molecular weight is 246 g/mol. The van der Waals surface area contributed by atoms with Crippen LogP contribution in [0, 0.1) is 0 Å². The first kappa shape index (κ1) is 12.2. The number of benzene rings is 1. The number of likely N-dealkylation sites (tertiary alicyclic amines) is 1. The molecule has 3 nitrogen and oxygen atoms in total. The maximum Gasteiger partial charge on any atom is 0.103 e. The minimum atomic E-state index is -0.647. The Hall–Kier alpha value is -0.900. The van der Waals surface area contributed by atoms with Crippen LogP contribution in [0.25, 0.3) is 0 Å². The molecule has 3 rings (SSSR count). The molecule has 3 heteroatoms. The van der Waals surface area contributed by atoms with Gasteiger partial charge < -0.3 is 10.4 Å². The molecule has 1 unspecified atom stereocenters. The van der Waals surface area contributed by atoms with Crippen LogP contribution in [0.2, 0.25) is 0 Å². The Balaban J connectivity index is 1.68. The lowest BCUT2D eigenvalue weighted by Crippen LogP contribution is -2.28. The fraction of sp³-hybridized carbons (Fsp3) is 0.600. The summed E-state index contributed by atoms with van der Waals surface area (Å²) in [6, 6.07) is 8.53. The lowest BCUT2D eigenvalue weighted by atomic mass is 9.92. The van der Waals surface area contributed by atoms with Crippen molar-refractivity contribution in [3.05, 3.63) is 35.4 Å². The number of aliphatic hydroxyl groups is 1. The minimum absolute atomic E-state index is 0.647. The lowest BCUT2D eigenvalue weighted by molar-refractivity contribution is 0.0587. The summed E-state index contributed by atoms with van der Waals surface area (Å²) in [5.74, 6) is 0. The van der Waals surface area contributed by atoms with Crippen LogP contribution in [0.4, 0.5) is 0 Å². The highest BCUT2D eigenvalue weighted by molar-refractivity contribution is 5.28. The summed E-state index contributed by atoms with van der Waals surface area (Å²) >= 11 is 0. The molecule has 0 amide bonds. The first-order valence-corrected chi connectivity index (χ1v) is 7.01. The topological polar surface area (TPSA) is 35.5 Å². The number of nitrogens with one attached hydrogen (secondary N) is 1. The van der Waals surface area contributed by atoms with Gasteiger partial charge in [-0.2, -0.15) is 0 Å². The van der Waals surface area contributed by atoms with Crippen LogP contribution in [0.15, 0.2) is 24.3 Å². The van der Waals surface area contributed by atoms with Crippen molar-refractivity contribution >= 4 is 0 Å². The Kier molecular flexibility index (Phi) is 3.37.